The molecule has 72 valence electrons. The molecular weight excluding hydrogens is 184 g/mol. The van der Waals surface area contributed by atoms with Crippen LogP contribution in [-0.4, -0.2) is 16.0 Å². The van der Waals surface area contributed by atoms with Gasteiger partial charge in [-0.2, -0.15) is 0 Å². The third kappa shape index (κ3) is 1.33. The third-order valence-corrected chi connectivity index (χ3v) is 1.85. The molecule has 5 heteroatoms. The summed E-state index contributed by atoms with van der Waals surface area (Å²) < 4.78 is 5.08. The maximum Gasteiger partial charge on any atom is 0.304 e. The first kappa shape index (κ1) is 8.71. The summed E-state index contributed by atoms with van der Waals surface area (Å²) in [4.78, 5) is 14.6. The number of oxazole rings is 1. The summed E-state index contributed by atoms with van der Waals surface area (Å²) in [6.07, 6.45) is 0. The van der Waals surface area contributed by atoms with Crippen molar-refractivity contribution in [2.45, 2.75) is 6.61 Å². The molecule has 0 bridgehead atoms. The van der Waals surface area contributed by atoms with Gasteiger partial charge in [0.25, 0.3) is 5.89 Å². The minimum Gasteiger partial charge on any atom is -0.432 e. The number of fused-ring (bicyclic) bond motifs is 1. The Morgan fingerprint density at radius 1 is 1.57 bits per heavy atom. The van der Waals surface area contributed by atoms with Crippen molar-refractivity contribution in [1.82, 2.24) is 4.98 Å². The van der Waals surface area contributed by atoms with E-state index in [-0.39, 0.29) is 12.5 Å². The molecule has 1 amide bonds. The topological polar surface area (TPSA) is 89.4 Å². The Balaban J connectivity index is 2.60. The molecule has 14 heavy (non-hydrogen) atoms. The molecule has 1 heterocycles. The SMILES string of the molecule is NC(=O)c1nc2ccc(CO)cc2o1. The Morgan fingerprint density at radius 3 is 3.00 bits per heavy atom. The fourth-order valence-electron chi connectivity index (χ4n) is 1.17. The molecule has 0 radical (unpaired) electrons. The number of carbonyl (C=O) groups is 1. The van der Waals surface area contributed by atoms with Gasteiger partial charge in [-0.1, -0.05) is 6.07 Å². The molecule has 0 aliphatic rings. The van der Waals surface area contributed by atoms with Gasteiger partial charge in [0.05, 0.1) is 6.61 Å². The van der Waals surface area contributed by atoms with E-state index in [9.17, 15) is 4.79 Å². The van der Waals surface area contributed by atoms with E-state index in [2.05, 4.69) is 4.98 Å². The number of amides is 1. The zero-order valence-corrected chi connectivity index (χ0v) is 7.23. The van der Waals surface area contributed by atoms with Crippen molar-refractivity contribution < 1.29 is 14.3 Å². The highest BCUT2D eigenvalue weighted by atomic mass is 16.4. The quantitative estimate of drug-likeness (QED) is 0.721. The van der Waals surface area contributed by atoms with Gasteiger partial charge in [0.2, 0.25) is 0 Å². The smallest absolute Gasteiger partial charge is 0.304 e. The maximum atomic E-state index is 10.7. The minimum atomic E-state index is -0.702. The molecule has 0 aliphatic heterocycles. The highest BCUT2D eigenvalue weighted by molar-refractivity contribution is 5.91. The molecule has 0 atom stereocenters. The summed E-state index contributed by atoms with van der Waals surface area (Å²) >= 11 is 0. The zero-order valence-electron chi connectivity index (χ0n) is 7.23. The molecule has 5 nitrogen and oxygen atoms in total. The number of aliphatic hydroxyl groups is 1. The predicted octanol–water partition coefficient (Wildman–Crippen LogP) is 0.419. The number of carbonyl (C=O) groups excluding carboxylic acids is 1. The van der Waals surface area contributed by atoms with Crippen LogP contribution in [0.5, 0.6) is 0 Å². The van der Waals surface area contributed by atoms with Gasteiger partial charge in [0, 0.05) is 0 Å². The summed E-state index contributed by atoms with van der Waals surface area (Å²) in [5.74, 6) is -0.818. The summed E-state index contributed by atoms with van der Waals surface area (Å²) in [6.45, 7) is -0.0808. The number of hydrogen-bond donors (Lipinski definition) is 2. The predicted molar refractivity (Wildman–Crippen MR) is 48.4 cm³/mol. The molecule has 0 aliphatic carbocycles. The van der Waals surface area contributed by atoms with Gasteiger partial charge in [-0.3, -0.25) is 4.79 Å². The molecule has 0 unspecified atom stereocenters. The number of nitrogens with two attached hydrogens (primary N) is 1. The first-order valence-corrected chi connectivity index (χ1v) is 4.01. The largest absolute Gasteiger partial charge is 0.432 e. The Bertz CT molecular complexity index is 490. The van der Waals surface area contributed by atoms with Crippen molar-refractivity contribution in [2.75, 3.05) is 0 Å². The highest BCUT2D eigenvalue weighted by Crippen LogP contribution is 2.16. The molecule has 0 spiro atoms. The molecule has 2 rings (SSSR count). The second-order valence-corrected chi connectivity index (χ2v) is 2.84. The van der Waals surface area contributed by atoms with Crippen LogP contribution in [-0.2, 0) is 6.61 Å². The molecule has 0 saturated carbocycles. The van der Waals surface area contributed by atoms with Crippen LogP contribution in [0.3, 0.4) is 0 Å². The van der Waals surface area contributed by atoms with Gasteiger partial charge >= 0.3 is 5.91 Å². The van der Waals surface area contributed by atoms with Crippen LogP contribution in [0.25, 0.3) is 11.1 Å². The van der Waals surface area contributed by atoms with E-state index in [1.807, 2.05) is 0 Å². The molecular formula is C9H8N2O3. The van der Waals surface area contributed by atoms with E-state index < -0.39 is 5.91 Å². The van der Waals surface area contributed by atoms with E-state index in [1.54, 1.807) is 18.2 Å². The van der Waals surface area contributed by atoms with Crippen LogP contribution in [0, 0.1) is 0 Å². The van der Waals surface area contributed by atoms with Crippen molar-refractivity contribution in [1.29, 1.82) is 0 Å². The van der Waals surface area contributed by atoms with Crippen molar-refractivity contribution in [3.8, 4) is 0 Å². The van der Waals surface area contributed by atoms with Gasteiger partial charge in [-0.25, -0.2) is 4.98 Å². The monoisotopic (exact) mass is 192 g/mol. The normalized spacial score (nSPS) is 10.6. The van der Waals surface area contributed by atoms with E-state index in [1.165, 1.54) is 0 Å². The first-order valence-electron chi connectivity index (χ1n) is 4.01. The summed E-state index contributed by atoms with van der Waals surface area (Å²) in [7, 11) is 0. The fourth-order valence-corrected chi connectivity index (χ4v) is 1.17. The molecule has 2 aromatic rings. The van der Waals surface area contributed by atoms with E-state index >= 15 is 0 Å². The summed E-state index contributed by atoms with van der Waals surface area (Å²) in [6, 6.07) is 4.99. The average Bonchev–Trinajstić information content (AvgIpc) is 2.59. The van der Waals surface area contributed by atoms with Gasteiger partial charge in [0.15, 0.2) is 5.58 Å². The van der Waals surface area contributed by atoms with Gasteiger partial charge in [-0.15, -0.1) is 0 Å². The van der Waals surface area contributed by atoms with Gasteiger partial charge in [-0.05, 0) is 17.7 Å². The summed E-state index contributed by atoms with van der Waals surface area (Å²) in [5.41, 5.74) is 6.70. The van der Waals surface area contributed by atoms with Crippen LogP contribution < -0.4 is 5.73 Å². The Labute approximate surface area is 79.2 Å². The number of primary amides is 1. The van der Waals surface area contributed by atoms with E-state index in [4.69, 9.17) is 15.3 Å². The number of nitrogens with zero attached hydrogens (tertiary/aromatic N) is 1. The third-order valence-electron chi connectivity index (χ3n) is 1.85. The average molecular weight is 192 g/mol. The second-order valence-electron chi connectivity index (χ2n) is 2.84. The number of aliphatic hydroxyl groups excluding tert-OH is 1. The standard InChI is InChI=1S/C9H8N2O3/c10-8(13)9-11-6-2-1-5(4-12)3-7(6)14-9/h1-3,12H,4H2,(H2,10,13). The fraction of sp³-hybridized carbons (Fsp3) is 0.111. The lowest BCUT2D eigenvalue weighted by atomic mass is 10.2. The van der Waals surface area contributed by atoms with Crippen molar-refractivity contribution >= 4 is 17.0 Å². The van der Waals surface area contributed by atoms with E-state index in [0.717, 1.165) is 0 Å². The lowest BCUT2D eigenvalue weighted by Crippen LogP contribution is -2.10. The molecule has 0 saturated heterocycles. The van der Waals surface area contributed by atoms with Crippen LogP contribution in [0.2, 0.25) is 0 Å². The van der Waals surface area contributed by atoms with Crippen molar-refractivity contribution in [3.63, 3.8) is 0 Å². The summed E-state index contributed by atoms with van der Waals surface area (Å²) in [5, 5.41) is 8.86. The minimum absolute atomic E-state index is 0.0808. The van der Waals surface area contributed by atoms with Gasteiger partial charge in [0.1, 0.15) is 5.52 Å². The number of hydrogen-bond acceptors (Lipinski definition) is 4. The Kier molecular flexibility index (Phi) is 1.94. The Hall–Kier alpha value is -1.88. The van der Waals surface area contributed by atoms with Crippen LogP contribution in [0.1, 0.15) is 16.2 Å². The molecule has 0 fully saturated rings. The molecule has 1 aromatic heterocycles. The molecule has 3 N–H and O–H groups in total. The van der Waals surface area contributed by atoms with E-state index in [0.29, 0.717) is 16.7 Å². The van der Waals surface area contributed by atoms with Gasteiger partial charge < -0.3 is 15.3 Å². The van der Waals surface area contributed by atoms with Crippen LogP contribution in [0.15, 0.2) is 22.6 Å². The molecule has 1 aromatic carbocycles. The van der Waals surface area contributed by atoms with Crippen LogP contribution in [0.4, 0.5) is 0 Å². The van der Waals surface area contributed by atoms with Crippen LogP contribution >= 0.6 is 0 Å². The van der Waals surface area contributed by atoms with Crippen molar-refractivity contribution in [2.24, 2.45) is 5.73 Å². The first-order chi connectivity index (χ1) is 6.70. The zero-order chi connectivity index (χ0) is 10.1. The van der Waals surface area contributed by atoms with Crippen molar-refractivity contribution in [3.05, 3.63) is 29.7 Å². The second kappa shape index (κ2) is 3.12. The number of aromatic nitrogens is 1. The lowest BCUT2D eigenvalue weighted by Gasteiger charge is -1.92. The Morgan fingerprint density at radius 2 is 2.36 bits per heavy atom. The lowest BCUT2D eigenvalue weighted by molar-refractivity contribution is 0.0969. The number of benzene rings is 1. The highest BCUT2D eigenvalue weighted by Gasteiger charge is 2.10. The number of rotatable bonds is 2. The maximum absolute atomic E-state index is 10.7.